The van der Waals surface area contributed by atoms with Gasteiger partial charge in [-0.25, -0.2) is 4.79 Å². The van der Waals surface area contributed by atoms with Crippen molar-refractivity contribution in [2.45, 2.75) is 46.6 Å². The molecule has 0 fully saturated rings. The molecule has 0 saturated carbocycles. The third-order valence-electron chi connectivity index (χ3n) is 1.81. The van der Waals surface area contributed by atoms with Crippen molar-refractivity contribution in [3.8, 4) is 0 Å². The maximum absolute atomic E-state index is 11.3. The molecule has 5 nitrogen and oxygen atoms in total. The molecule has 0 aliphatic heterocycles. The molecule has 0 saturated heterocycles. The highest BCUT2D eigenvalue weighted by Crippen LogP contribution is 2.07. The number of amides is 1. The number of carbonyl (C=O) groups is 2. The van der Waals surface area contributed by atoms with Crippen molar-refractivity contribution in [2.75, 3.05) is 13.2 Å². The van der Waals surface area contributed by atoms with Crippen LogP contribution in [0.3, 0.4) is 0 Å². The molecule has 17 heavy (non-hydrogen) atoms. The monoisotopic (exact) mass is 245 g/mol. The lowest BCUT2D eigenvalue weighted by Gasteiger charge is -2.20. The summed E-state index contributed by atoms with van der Waals surface area (Å²) in [6.07, 6.45) is -0.169. The highest BCUT2D eigenvalue weighted by molar-refractivity contribution is 5.70. The van der Waals surface area contributed by atoms with Gasteiger partial charge in [0.15, 0.2) is 0 Å². The predicted octanol–water partition coefficient (Wildman–Crippen LogP) is 2.10. The van der Waals surface area contributed by atoms with E-state index < -0.39 is 11.7 Å². The first-order chi connectivity index (χ1) is 7.74. The summed E-state index contributed by atoms with van der Waals surface area (Å²) in [4.78, 5) is 22.5. The Hall–Kier alpha value is -1.26. The van der Waals surface area contributed by atoms with Crippen LogP contribution in [0.15, 0.2) is 0 Å². The van der Waals surface area contributed by atoms with Gasteiger partial charge in [-0.15, -0.1) is 0 Å². The van der Waals surface area contributed by atoms with Crippen molar-refractivity contribution in [3.05, 3.63) is 0 Å². The summed E-state index contributed by atoms with van der Waals surface area (Å²) in [5, 5.41) is 2.62. The van der Waals surface area contributed by atoms with E-state index in [1.54, 1.807) is 27.7 Å². The Morgan fingerprint density at radius 3 is 2.35 bits per heavy atom. The molecule has 0 unspecified atom stereocenters. The molecule has 0 heterocycles. The van der Waals surface area contributed by atoms with Crippen LogP contribution in [0.1, 0.15) is 41.0 Å². The van der Waals surface area contributed by atoms with Gasteiger partial charge >= 0.3 is 12.1 Å². The van der Waals surface area contributed by atoms with Crippen molar-refractivity contribution >= 4 is 12.1 Å². The fourth-order valence-corrected chi connectivity index (χ4v) is 1.15. The summed E-state index contributed by atoms with van der Waals surface area (Å²) >= 11 is 0. The quantitative estimate of drug-likeness (QED) is 0.753. The molecule has 1 atom stereocenters. The summed E-state index contributed by atoms with van der Waals surface area (Å²) in [5.74, 6) is -0.215. The second-order valence-corrected chi connectivity index (χ2v) is 5.00. The number of hydrogen-bond acceptors (Lipinski definition) is 4. The van der Waals surface area contributed by atoms with Crippen LogP contribution in [0.25, 0.3) is 0 Å². The first-order valence-corrected chi connectivity index (χ1v) is 5.87. The first kappa shape index (κ1) is 15.7. The number of alkyl carbamates (subject to hydrolysis) is 1. The molecular weight excluding hydrogens is 222 g/mol. The van der Waals surface area contributed by atoms with Gasteiger partial charge in [0.2, 0.25) is 0 Å². The highest BCUT2D eigenvalue weighted by Gasteiger charge is 2.17. The minimum Gasteiger partial charge on any atom is -0.466 e. The van der Waals surface area contributed by atoms with E-state index in [1.807, 2.05) is 6.92 Å². The Morgan fingerprint density at radius 2 is 1.88 bits per heavy atom. The smallest absolute Gasteiger partial charge is 0.407 e. The average molecular weight is 245 g/mol. The normalized spacial score (nSPS) is 12.8. The molecule has 1 N–H and O–H groups in total. The standard InChI is InChI=1S/C12H23NO4/c1-6-16-10(14)7-9(2)8-13-11(15)17-12(3,4)5/h9H,6-8H2,1-5H3,(H,13,15)/t9-/m0/s1. The van der Waals surface area contributed by atoms with Crippen molar-refractivity contribution in [1.29, 1.82) is 0 Å². The van der Waals surface area contributed by atoms with E-state index in [0.717, 1.165) is 0 Å². The van der Waals surface area contributed by atoms with Crippen LogP contribution in [0.4, 0.5) is 4.79 Å². The molecule has 1 amide bonds. The third kappa shape index (κ3) is 9.66. The van der Waals surface area contributed by atoms with Gasteiger partial charge in [-0.1, -0.05) is 6.92 Å². The third-order valence-corrected chi connectivity index (χ3v) is 1.81. The van der Waals surface area contributed by atoms with Gasteiger partial charge in [0.1, 0.15) is 5.60 Å². The van der Waals surface area contributed by atoms with Crippen molar-refractivity contribution in [1.82, 2.24) is 5.32 Å². The summed E-state index contributed by atoms with van der Waals surface area (Å²) in [7, 11) is 0. The maximum Gasteiger partial charge on any atom is 0.407 e. The second kappa shape index (κ2) is 7.14. The minimum atomic E-state index is -0.505. The number of ether oxygens (including phenoxy) is 2. The van der Waals surface area contributed by atoms with Gasteiger partial charge in [0.05, 0.1) is 6.61 Å². The van der Waals surface area contributed by atoms with E-state index >= 15 is 0 Å². The molecule has 0 spiro atoms. The molecule has 0 aromatic heterocycles. The zero-order valence-corrected chi connectivity index (χ0v) is 11.3. The van der Waals surface area contributed by atoms with Crippen LogP contribution < -0.4 is 5.32 Å². The number of hydrogen-bond donors (Lipinski definition) is 1. The molecule has 0 bridgehead atoms. The molecule has 0 aromatic rings. The Bertz CT molecular complexity index is 258. The molecule has 100 valence electrons. The zero-order valence-electron chi connectivity index (χ0n) is 11.3. The summed E-state index contributed by atoms with van der Waals surface area (Å²) < 4.78 is 9.89. The van der Waals surface area contributed by atoms with Crippen molar-refractivity contribution in [3.63, 3.8) is 0 Å². The molecule has 0 aliphatic carbocycles. The van der Waals surface area contributed by atoms with Gasteiger partial charge in [-0.05, 0) is 33.6 Å². The van der Waals surface area contributed by atoms with E-state index in [4.69, 9.17) is 9.47 Å². The molecule has 0 rings (SSSR count). The van der Waals surface area contributed by atoms with E-state index in [-0.39, 0.29) is 11.9 Å². The summed E-state index contributed by atoms with van der Waals surface area (Å²) in [6.45, 7) is 9.81. The Morgan fingerprint density at radius 1 is 1.29 bits per heavy atom. The molecule has 0 radical (unpaired) electrons. The summed E-state index contributed by atoms with van der Waals surface area (Å²) in [6, 6.07) is 0. The lowest BCUT2D eigenvalue weighted by Crippen LogP contribution is -2.35. The number of esters is 1. The lowest BCUT2D eigenvalue weighted by molar-refractivity contribution is -0.144. The fraction of sp³-hybridized carbons (Fsp3) is 0.833. The zero-order chi connectivity index (χ0) is 13.5. The molecule has 0 aliphatic rings. The minimum absolute atomic E-state index is 0.0292. The largest absolute Gasteiger partial charge is 0.466 e. The van der Waals surface area contributed by atoms with Crippen LogP contribution >= 0.6 is 0 Å². The van der Waals surface area contributed by atoms with E-state index in [9.17, 15) is 9.59 Å². The second-order valence-electron chi connectivity index (χ2n) is 5.00. The average Bonchev–Trinajstić information content (AvgIpc) is 2.12. The Kier molecular flexibility index (Phi) is 6.61. The molecule has 0 aromatic carbocycles. The van der Waals surface area contributed by atoms with E-state index in [0.29, 0.717) is 19.6 Å². The summed E-state index contributed by atoms with van der Waals surface area (Å²) in [5.41, 5.74) is -0.505. The fourth-order valence-electron chi connectivity index (χ4n) is 1.15. The van der Waals surface area contributed by atoms with Gasteiger partial charge in [-0.3, -0.25) is 4.79 Å². The lowest BCUT2D eigenvalue weighted by atomic mass is 10.1. The van der Waals surface area contributed by atoms with Gasteiger partial charge in [0.25, 0.3) is 0 Å². The van der Waals surface area contributed by atoms with Crippen LogP contribution in [0, 0.1) is 5.92 Å². The molecular formula is C12H23NO4. The number of rotatable bonds is 5. The number of nitrogens with one attached hydrogen (secondary N) is 1. The van der Waals surface area contributed by atoms with Gasteiger partial charge in [0, 0.05) is 13.0 Å². The topological polar surface area (TPSA) is 64.6 Å². The van der Waals surface area contributed by atoms with Crippen LogP contribution in [0.2, 0.25) is 0 Å². The number of carbonyl (C=O) groups excluding carboxylic acids is 2. The Labute approximate surface area is 103 Å². The van der Waals surface area contributed by atoms with Gasteiger partial charge < -0.3 is 14.8 Å². The SMILES string of the molecule is CCOC(=O)C[C@H](C)CNC(=O)OC(C)(C)C. The first-order valence-electron chi connectivity index (χ1n) is 5.87. The van der Waals surface area contributed by atoms with Crippen LogP contribution in [-0.4, -0.2) is 30.8 Å². The predicted molar refractivity (Wildman–Crippen MR) is 64.7 cm³/mol. The van der Waals surface area contributed by atoms with Crippen molar-refractivity contribution in [2.24, 2.45) is 5.92 Å². The van der Waals surface area contributed by atoms with E-state index in [2.05, 4.69) is 5.32 Å². The van der Waals surface area contributed by atoms with Crippen LogP contribution in [0.5, 0.6) is 0 Å². The van der Waals surface area contributed by atoms with E-state index in [1.165, 1.54) is 0 Å². The van der Waals surface area contributed by atoms with Gasteiger partial charge in [-0.2, -0.15) is 0 Å². The Balaban J connectivity index is 3.80. The van der Waals surface area contributed by atoms with Crippen molar-refractivity contribution < 1.29 is 19.1 Å². The maximum atomic E-state index is 11.3. The molecule has 5 heteroatoms. The highest BCUT2D eigenvalue weighted by atomic mass is 16.6. The van der Waals surface area contributed by atoms with Crippen LogP contribution in [-0.2, 0) is 14.3 Å².